The van der Waals surface area contributed by atoms with Crippen LogP contribution in [0.4, 0.5) is 0 Å². The Morgan fingerprint density at radius 3 is 2.48 bits per heavy atom. The van der Waals surface area contributed by atoms with E-state index in [4.69, 9.17) is 10.3 Å². The quantitative estimate of drug-likeness (QED) is 0.256. The van der Waals surface area contributed by atoms with Gasteiger partial charge in [-0.2, -0.15) is 0 Å². The summed E-state index contributed by atoms with van der Waals surface area (Å²) in [5.41, 5.74) is 1.02. The number of hydroxylamine groups is 1. The van der Waals surface area contributed by atoms with Crippen LogP contribution in [0.1, 0.15) is 22.3 Å². The smallest absolute Gasteiger partial charge is 0.269 e. The molecule has 0 radical (unpaired) electrons. The van der Waals surface area contributed by atoms with E-state index in [1.165, 1.54) is 5.48 Å². The van der Waals surface area contributed by atoms with Gasteiger partial charge in [-0.25, -0.2) is 5.48 Å². The van der Waals surface area contributed by atoms with Crippen molar-refractivity contribution in [3.8, 4) is 11.8 Å². The molecule has 1 aliphatic rings. The molecule has 1 unspecified atom stereocenters. The predicted molar refractivity (Wildman–Crippen MR) is 88.7 cm³/mol. The number of benzene rings is 1. The number of nitrogens with one attached hydrogen (secondary N) is 2. The Labute approximate surface area is 145 Å². The summed E-state index contributed by atoms with van der Waals surface area (Å²) in [4.78, 5) is 26.0. The number of aliphatic hydroxyl groups is 2. The summed E-state index contributed by atoms with van der Waals surface area (Å²) in [6.45, 7) is 0.384. The number of β-amino-alcohol motifs (C(OH)–C–C–N with tert-alkyl or cyclic N) is 1. The first-order chi connectivity index (χ1) is 11.9. The summed E-state index contributed by atoms with van der Waals surface area (Å²) in [7, 11) is 1.76. The molecule has 0 aromatic heterocycles. The number of hydrogen-bond donors (Lipinski definition) is 5. The molecule has 5 N–H and O–H groups in total. The molecule has 134 valence electrons. The Kier molecular flexibility index (Phi) is 6.12. The van der Waals surface area contributed by atoms with E-state index in [1.807, 2.05) is 0 Å². The minimum Gasteiger partial charge on any atom is -0.395 e. The summed E-state index contributed by atoms with van der Waals surface area (Å²) >= 11 is 0. The normalized spacial score (nSPS) is 16.8. The third-order valence-electron chi connectivity index (χ3n) is 3.89. The van der Waals surface area contributed by atoms with Crippen molar-refractivity contribution in [3.63, 3.8) is 0 Å². The molecule has 1 aromatic carbocycles. The molecule has 1 aromatic rings. The van der Waals surface area contributed by atoms with Gasteiger partial charge in [0.2, 0.25) is 0 Å². The van der Waals surface area contributed by atoms with Gasteiger partial charge in [0.1, 0.15) is 11.6 Å². The maximum absolute atomic E-state index is 12.3. The number of amides is 2. The molecular formula is C17H21N3O5. The van der Waals surface area contributed by atoms with Gasteiger partial charge in [0.05, 0.1) is 6.61 Å². The van der Waals surface area contributed by atoms with E-state index in [1.54, 1.807) is 36.2 Å². The van der Waals surface area contributed by atoms with Gasteiger partial charge in [-0.15, -0.1) is 0 Å². The van der Waals surface area contributed by atoms with Crippen LogP contribution in [0.5, 0.6) is 0 Å². The van der Waals surface area contributed by atoms with Crippen molar-refractivity contribution in [3.05, 3.63) is 35.4 Å². The van der Waals surface area contributed by atoms with Gasteiger partial charge in [0.25, 0.3) is 11.8 Å². The number of carbonyl (C=O) groups is 2. The average Bonchev–Trinajstić information content (AvgIpc) is 2.58. The van der Waals surface area contributed by atoms with E-state index in [0.717, 1.165) is 0 Å². The molecule has 0 spiro atoms. The number of nitrogens with zero attached hydrogens (tertiary/aromatic N) is 1. The van der Waals surface area contributed by atoms with Crippen LogP contribution in [0.25, 0.3) is 0 Å². The molecular weight excluding hydrogens is 326 g/mol. The molecule has 2 amide bonds. The lowest BCUT2D eigenvalue weighted by molar-refractivity contribution is -0.151. The Morgan fingerprint density at radius 1 is 1.32 bits per heavy atom. The van der Waals surface area contributed by atoms with Crippen molar-refractivity contribution in [1.82, 2.24) is 15.7 Å². The van der Waals surface area contributed by atoms with Crippen LogP contribution in [0.2, 0.25) is 0 Å². The molecule has 0 bridgehead atoms. The number of carbonyl (C=O) groups excluding carboxylic acids is 2. The number of aliphatic hydroxyl groups excluding tert-OH is 1. The van der Waals surface area contributed by atoms with Crippen LogP contribution in [-0.4, -0.2) is 70.5 Å². The maximum atomic E-state index is 12.3. The predicted octanol–water partition coefficient (Wildman–Crippen LogP) is -1.30. The van der Waals surface area contributed by atoms with Crippen LogP contribution in [0.3, 0.4) is 0 Å². The molecule has 25 heavy (non-hydrogen) atoms. The molecule has 0 aliphatic carbocycles. The highest BCUT2D eigenvalue weighted by atomic mass is 16.5. The van der Waals surface area contributed by atoms with Gasteiger partial charge in [-0.05, 0) is 31.3 Å². The summed E-state index contributed by atoms with van der Waals surface area (Å²) in [5, 5.41) is 30.5. The standard InChI is InChI=1S/C17H21N3O5/c1-20-10-17(24,11-20)14(16(23)19-25)18-15(22)13-7-5-12(6-8-13)4-2-3-9-21/h5-8,14,21,24-25H,3,9-11H2,1H3,(H,18,22)(H,19,23). The second-order valence-electron chi connectivity index (χ2n) is 6.01. The highest BCUT2D eigenvalue weighted by molar-refractivity contribution is 5.98. The zero-order valence-corrected chi connectivity index (χ0v) is 13.8. The van der Waals surface area contributed by atoms with E-state index >= 15 is 0 Å². The van der Waals surface area contributed by atoms with E-state index in [9.17, 15) is 14.7 Å². The van der Waals surface area contributed by atoms with Crippen molar-refractivity contribution >= 4 is 11.8 Å². The Hall–Kier alpha value is -2.44. The van der Waals surface area contributed by atoms with Crippen molar-refractivity contribution in [2.45, 2.75) is 18.1 Å². The average molecular weight is 347 g/mol. The van der Waals surface area contributed by atoms with Crippen molar-refractivity contribution in [1.29, 1.82) is 0 Å². The molecule has 0 saturated carbocycles. The number of likely N-dealkylation sites (tertiary alicyclic amines) is 1. The van der Waals surface area contributed by atoms with Gasteiger partial charge < -0.3 is 20.4 Å². The molecule has 2 rings (SSSR count). The fourth-order valence-electron chi connectivity index (χ4n) is 2.72. The first-order valence-corrected chi connectivity index (χ1v) is 7.75. The molecule has 8 nitrogen and oxygen atoms in total. The molecule has 1 fully saturated rings. The van der Waals surface area contributed by atoms with Crippen LogP contribution in [-0.2, 0) is 4.79 Å². The third-order valence-corrected chi connectivity index (χ3v) is 3.89. The molecule has 1 aliphatic heterocycles. The SMILES string of the molecule is CN1CC(O)(C(NC(=O)c2ccc(C#CCCO)cc2)C(=O)NO)C1. The topological polar surface area (TPSA) is 122 Å². The maximum Gasteiger partial charge on any atom is 0.269 e. The van der Waals surface area contributed by atoms with Gasteiger partial charge in [-0.1, -0.05) is 11.8 Å². The van der Waals surface area contributed by atoms with Crippen LogP contribution >= 0.6 is 0 Å². The molecule has 1 saturated heterocycles. The summed E-state index contributed by atoms with van der Waals surface area (Å²) in [5.74, 6) is 4.19. The van der Waals surface area contributed by atoms with Crippen molar-refractivity contribution in [2.24, 2.45) is 0 Å². The first-order valence-electron chi connectivity index (χ1n) is 7.75. The molecule has 1 heterocycles. The largest absolute Gasteiger partial charge is 0.395 e. The second kappa shape index (κ2) is 8.09. The first kappa shape index (κ1) is 18.9. The minimum atomic E-state index is -1.44. The van der Waals surface area contributed by atoms with Crippen molar-refractivity contribution in [2.75, 3.05) is 26.7 Å². The van der Waals surface area contributed by atoms with E-state index in [-0.39, 0.29) is 19.7 Å². The van der Waals surface area contributed by atoms with Crippen molar-refractivity contribution < 1.29 is 25.0 Å². The van der Waals surface area contributed by atoms with E-state index in [2.05, 4.69) is 17.2 Å². The third kappa shape index (κ3) is 4.55. The monoisotopic (exact) mass is 347 g/mol. The van der Waals surface area contributed by atoms with E-state index < -0.39 is 23.5 Å². The Morgan fingerprint density at radius 2 is 1.96 bits per heavy atom. The lowest BCUT2D eigenvalue weighted by atomic mass is 9.85. The molecule has 1 atom stereocenters. The fraction of sp³-hybridized carbons (Fsp3) is 0.412. The highest BCUT2D eigenvalue weighted by Crippen LogP contribution is 2.23. The second-order valence-corrected chi connectivity index (χ2v) is 6.01. The Balaban J connectivity index is 2.08. The minimum absolute atomic E-state index is 0.0140. The zero-order chi connectivity index (χ0) is 18.4. The number of rotatable bonds is 5. The van der Waals surface area contributed by atoms with Gasteiger partial charge in [0.15, 0.2) is 0 Å². The summed E-state index contributed by atoms with van der Waals surface area (Å²) < 4.78 is 0. The zero-order valence-electron chi connectivity index (χ0n) is 13.8. The Bertz CT molecular complexity index is 686. The molecule has 8 heteroatoms. The number of hydrogen-bond acceptors (Lipinski definition) is 6. The van der Waals surface area contributed by atoms with Crippen LogP contribution < -0.4 is 10.8 Å². The summed E-state index contributed by atoms with van der Waals surface area (Å²) in [6.07, 6.45) is 0.368. The van der Waals surface area contributed by atoms with Crippen LogP contribution in [0, 0.1) is 11.8 Å². The van der Waals surface area contributed by atoms with Crippen LogP contribution in [0.15, 0.2) is 24.3 Å². The lowest BCUT2D eigenvalue weighted by Crippen LogP contribution is -2.73. The van der Waals surface area contributed by atoms with Gasteiger partial charge in [-0.3, -0.25) is 14.8 Å². The van der Waals surface area contributed by atoms with E-state index in [0.29, 0.717) is 17.5 Å². The van der Waals surface area contributed by atoms with Gasteiger partial charge >= 0.3 is 0 Å². The number of likely N-dealkylation sites (N-methyl/N-ethyl adjacent to an activating group) is 1. The fourth-order valence-corrected chi connectivity index (χ4v) is 2.72. The summed E-state index contributed by atoms with van der Waals surface area (Å²) in [6, 6.07) is 5.11. The highest BCUT2D eigenvalue weighted by Gasteiger charge is 2.50. The van der Waals surface area contributed by atoms with Gasteiger partial charge in [0, 0.05) is 30.6 Å². The lowest BCUT2D eigenvalue weighted by Gasteiger charge is -2.48.